The molecule has 0 amide bonds. The number of nitrogens with zero attached hydrogens (tertiary/aromatic N) is 6. The Kier molecular flexibility index (Phi) is 5.28. The van der Waals surface area contributed by atoms with Crippen molar-refractivity contribution >= 4 is 34.9 Å². The van der Waals surface area contributed by atoms with Crippen LogP contribution in [0.2, 0.25) is 5.15 Å². The standard InChI is InChI=1S/C25H27ClFN7/c1-14-10-34(19-7-5-18(27)6-8-19)24-21(14)23(26)31-25(32-24)30-22-16-3-4-17(22)12-33(11-16)20-9-15(2)28-13-29-20/h5-9,13-14,16-17,22H,3-4,10-12H2,1-2H3,(H,30,31,32)/t14-,16?,17?,22?/m1/s1. The molecule has 4 heterocycles. The van der Waals surface area contributed by atoms with E-state index in [-0.39, 0.29) is 11.7 Å². The van der Waals surface area contributed by atoms with Crippen molar-refractivity contribution in [2.24, 2.45) is 11.8 Å². The van der Waals surface area contributed by atoms with Gasteiger partial charge in [-0.2, -0.15) is 4.98 Å². The second kappa shape index (κ2) is 8.34. The van der Waals surface area contributed by atoms with Crippen LogP contribution < -0.4 is 15.1 Å². The van der Waals surface area contributed by atoms with E-state index in [1.54, 1.807) is 18.5 Å². The van der Waals surface area contributed by atoms with Crippen LogP contribution in [0.25, 0.3) is 0 Å². The predicted molar refractivity (Wildman–Crippen MR) is 131 cm³/mol. The lowest BCUT2D eigenvalue weighted by molar-refractivity contribution is 0.374. The minimum atomic E-state index is -0.252. The highest BCUT2D eigenvalue weighted by atomic mass is 35.5. The van der Waals surface area contributed by atoms with E-state index < -0.39 is 0 Å². The van der Waals surface area contributed by atoms with E-state index in [0.717, 1.165) is 48.2 Å². The molecule has 2 fully saturated rings. The number of piperidine rings is 1. The first-order valence-corrected chi connectivity index (χ1v) is 12.2. The Morgan fingerprint density at radius 3 is 2.47 bits per heavy atom. The average molecular weight is 480 g/mol. The Morgan fingerprint density at radius 2 is 1.76 bits per heavy atom. The number of aryl methyl sites for hydroxylation is 1. The molecule has 2 aliphatic heterocycles. The zero-order valence-corrected chi connectivity index (χ0v) is 20.0. The first-order chi connectivity index (χ1) is 16.5. The van der Waals surface area contributed by atoms with E-state index in [2.05, 4.69) is 43.1 Å². The van der Waals surface area contributed by atoms with Gasteiger partial charge < -0.3 is 15.1 Å². The van der Waals surface area contributed by atoms with Crippen molar-refractivity contribution in [1.82, 2.24) is 19.9 Å². The fraction of sp³-hybridized carbons (Fsp3) is 0.440. The number of rotatable bonds is 4. The van der Waals surface area contributed by atoms with Crippen LogP contribution in [-0.2, 0) is 0 Å². The van der Waals surface area contributed by atoms with Crippen LogP contribution in [0.5, 0.6) is 0 Å². The Balaban J connectivity index is 1.25. The first kappa shape index (κ1) is 21.5. The van der Waals surface area contributed by atoms with Gasteiger partial charge in [0.2, 0.25) is 5.95 Å². The first-order valence-electron chi connectivity index (χ1n) is 11.9. The molecule has 3 aliphatic rings. The smallest absolute Gasteiger partial charge is 0.226 e. The third kappa shape index (κ3) is 3.74. The molecule has 3 atom stereocenters. The molecule has 3 aromatic rings. The fourth-order valence-electron chi connectivity index (χ4n) is 5.83. The summed E-state index contributed by atoms with van der Waals surface area (Å²) in [7, 11) is 0. The van der Waals surface area contributed by atoms with Gasteiger partial charge in [-0.3, -0.25) is 0 Å². The van der Waals surface area contributed by atoms with Crippen molar-refractivity contribution in [2.75, 3.05) is 34.8 Å². The van der Waals surface area contributed by atoms with Gasteiger partial charge in [0.1, 0.15) is 28.9 Å². The molecular weight excluding hydrogens is 453 g/mol. The van der Waals surface area contributed by atoms with E-state index in [1.165, 1.54) is 25.0 Å². The molecule has 0 radical (unpaired) electrons. The second-order valence-corrected chi connectivity index (χ2v) is 10.1. The zero-order valence-electron chi connectivity index (χ0n) is 19.2. The van der Waals surface area contributed by atoms with Crippen molar-refractivity contribution in [3.05, 3.63) is 58.9 Å². The third-order valence-electron chi connectivity index (χ3n) is 7.47. The number of anilines is 4. The van der Waals surface area contributed by atoms with Gasteiger partial charge in [0.05, 0.1) is 0 Å². The van der Waals surface area contributed by atoms with Gasteiger partial charge in [0, 0.05) is 54.6 Å². The quantitative estimate of drug-likeness (QED) is 0.531. The van der Waals surface area contributed by atoms with Crippen LogP contribution >= 0.6 is 11.6 Å². The largest absolute Gasteiger partial charge is 0.356 e. The molecule has 176 valence electrons. The number of fused-ring (bicyclic) bond motifs is 3. The highest BCUT2D eigenvalue weighted by molar-refractivity contribution is 6.30. The molecule has 0 spiro atoms. The maximum atomic E-state index is 13.5. The summed E-state index contributed by atoms with van der Waals surface area (Å²) in [5, 5.41) is 4.13. The Labute approximate surface area is 203 Å². The average Bonchev–Trinajstić information content (AvgIpc) is 3.25. The van der Waals surface area contributed by atoms with Gasteiger partial charge in [-0.05, 0) is 55.9 Å². The number of nitrogens with one attached hydrogen (secondary N) is 1. The lowest BCUT2D eigenvalue weighted by Gasteiger charge is -2.39. The number of halogens is 2. The molecule has 1 aliphatic carbocycles. The van der Waals surface area contributed by atoms with Crippen LogP contribution in [0, 0.1) is 24.6 Å². The summed E-state index contributed by atoms with van der Waals surface area (Å²) in [5.41, 5.74) is 2.84. The summed E-state index contributed by atoms with van der Waals surface area (Å²) in [5.74, 6) is 3.29. The predicted octanol–water partition coefficient (Wildman–Crippen LogP) is 4.95. The minimum Gasteiger partial charge on any atom is -0.356 e. The maximum Gasteiger partial charge on any atom is 0.226 e. The molecular formula is C25H27ClFN7. The summed E-state index contributed by atoms with van der Waals surface area (Å²) in [6.07, 6.45) is 3.98. The highest BCUT2D eigenvalue weighted by Crippen LogP contribution is 2.44. The van der Waals surface area contributed by atoms with Gasteiger partial charge in [-0.1, -0.05) is 18.5 Å². The highest BCUT2D eigenvalue weighted by Gasteiger charge is 2.43. The molecule has 6 rings (SSSR count). The van der Waals surface area contributed by atoms with Crippen LogP contribution in [0.15, 0.2) is 36.7 Å². The normalized spacial score (nSPS) is 25.5. The monoisotopic (exact) mass is 479 g/mol. The summed E-state index contributed by atoms with van der Waals surface area (Å²) >= 11 is 6.67. The topological polar surface area (TPSA) is 70.1 Å². The zero-order chi connectivity index (χ0) is 23.4. The van der Waals surface area contributed by atoms with Crippen LogP contribution in [0.1, 0.15) is 36.9 Å². The van der Waals surface area contributed by atoms with Crippen LogP contribution in [0.3, 0.4) is 0 Å². The number of hydrogen-bond acceptors (Lipinski definition) is 7. The molecule has 2 bridgehead atoms. The summed E-state index contributed by atoms with van der Waals surface area (Å²) in [6, 6.07) is 8.87. The molecule has 1 saturated heterocycles. The molecule has 1 aromatic carbocycles. The fourth-order valence-corrected chi connectivity index (χ4v) is 6.18. The van der Waals surface area contributed by atoms with E-state index in [9.17, 15) is 4.39 Å². The lowest BCUT2D eigenvalue weighted by Crippen LogP contribution is -2.48. The number of aromatic nitrogens is 4. The van der Waals surface area contributed by atoms with Crippen molar-refractivity contribution in [2.45, 2.75) is 38.6 Å². The van der Waals surface area contributed by atoms with Gasteiger partial charge in [0.15, 0.2) is 0 Å². The van der Waals surface area contributed by atoms with Crippen molar-refractivity contribution in [3.63, 3.8) is 0 Å². The summed E-state index contributed by atoms with van der Waals surface area (Å²) < 4.78 is 13.5. The molecule has 9 heteroatoms. The summed E-state index contributed by atoms with van der Waals surface area (Å²) in [6.45, 7) is 6.75. The van der Waals surface area contributed by atoms with E-state index in [4.69, 9.17) is 16.6 Å². The molecule has 1 N–H and O–H groups in total. The van der Waals surface area contributed by atoms with Crippen molar-refractivity contribution in [3.8, 4) is 0 Å². The van der Waals surface area contributed by atoms with Gasteiger partial charge >= 0.3 is 0 Å². The van der Waals surface area contributed by atoms with Gasteiger partial charge in [-0.25, -0.2) is 19.3 Å². The SMILES string of the molecule is Cc1cc(N2CC3CCC(C2)C3Nc2nc(Cl)c3c(n2)N(c2ccc(F)cc2)C[C@H]3C)ncn1. The van der Waals surface area contributed by atoms with Crippen LogP contribution in [0.4, 0.5) is 27.7 Å². The van der Waals surface area contributed by atoms with E-state index >= 15 is 0 Å². The van der Waals surface area contributed by atoms with E-state index in [0.29, 0.717) is 29.0 Å². The Bertz CT molecular complexity index is 1210. The minimum absolute atomic E-state index is 0.192. The summed E-state index contributed by atoms with van der Waals surface area (Å²) in [4.78, 5) is 22.8. The maximum absolute atomic E-state index is 13.5. The Hall–Kier alpha value is -3.00. The number of benzene rings is 1. The Morgan fingerprint density at radius 1 is 1.03 bits per heavy atom. The van der Waals surface area contributed by atoms with E-state index in [1.807, 2.05) is 6.92 Å². The van der Waals surface area contributed by atoms with Crippen molar-refractivity contribution in [1.29, 1.82) is 0 Å². The third-order valence-corrected chi connectivity index (χ3v) is 7.75. The molecule has 1 saturated carbocycles. The molecule has 34 heavy (non-hydrogen) atoms. The van der Waals surface area contributed by atoms with Gasteiger partial charge in [-0.15, -0.1) is 0 Å². The van der Waals surface area contributed by atoms with Crippen LogP contribution in [-0.4, -0.2) is 45.6 Å². The molecule has 7 nitrogen and oxygen atoms in total. The van der Waals surface area contributed by atoms with Gasteiger partial charge in [0.25, 0.3) is 0 Å². The molecule has 2 unspecified atom stereocenters. The number of hydrogen-bond donors (Lipinski definition) is 1. The van der Waals surface area contributed by atoms with Crippen molar-refractivity contribution < 1.29 is 4.39 Å². The molecule has 2 aromatic heterocycles. The second-order valence-electron chi connectivity index (χ2n) is 9.75. The lowest BCUT2D eigenvalue weighted by atomic mass is 9.92.